The molecule has 0 aromatic carbocycles. The van der Waals surface area contributed by atoms with Crippen molar-refractivity contribution in [2.24, 2.45) is 0 Å². The van der Waals surface area contributed by atoms with E-state index in [1.807, 2.05) is 20.8 Å². The maximum atomic E-state index is 5.22. The lowest BCUT2D eigenvalue weighted by molar-refractivity contribution is 0.107. The lowest BCUT2D eigenvalue weighted by Gasteiger charge is -2.12. The zero-order valence-electron chi connectivity index (χ0n) is 8.63. The van der Waals surface area contributed by atoms with Gasteiger partial charge in [-0.15, -0.1) is 33.2 Å². The highest BCUT2D eigenvalue weighted by Gasteiger charge is 2.11. The van der Waals surface area contributed by atoms with Gasteiger partial charge in [0.15, 0.2) is 0 Å². The quantitative estimate of drug-likeness (QED) is 0.556. The van der Waals surface area contributed by atoms with E-state index < -0.39 is 16.3 Å². The molecule has 8 heteroatoms. The van der Waals surface area contributed by atoms with Crippen LogP contribution in [0.3, 0.4) is 0 Å². The molecule has 88 valence electrons. The minimum Gasteiger partial charge on any atom is -0.376 e. The maximum Gasteiger partial charge on any atom is 0.484 e. The monoisotopic (exact) mass is 298 g/mol. The van der Waals surface area contributed by atoms with Crippen molar-refractivity contribution in [1.82, 2.24) is 0 Å². The van der Waals surface area contributed by atoms with Crippen molar-refractivity contribution in [3.8, 4) is 0 Å². The first-order valence-electron chi connectivity index (χ1n) is 4.35. The molecule has 3 nitrogen and oxygen atoms in total. The van der Waals surface area contributed by atoms with E-state index in [1.165, 1.54) is 0 Å². The molecule has 0 N–H and O–H groups in total. The molecular weight excluding hydrogens is 283 g/mol. The summed E-state index contributed by atoms with van der Waals surface area (Å²) < 4.78 is 15.7. The first-order valence-corrected chi connectivity index (χ1v) is 11.0. The molecule has 0 saturated carbocycles. The van der Waals surface area contributed by atoms with Crippen LogP contribution in [0.25, 0.3) is 0 Å². The molecular formula is C6H17Cl3O3Si2. The van der Waals surface area contributed by atoms with E-state index in [0.717, 1.165) is 0 Å². The third-order valence-corrected chi connectivity index (χ3v) is 2.72. The van der Waals surface area contributed by atoms with E-state index in [-0.39, 0.29) is 0 Å². The molecule has 0 radical (unpaired) electrons. The molecule has 0 aromatic heterocycles. The standard InChI is InChI=1S/C6H16O3Si.Cl3HSi/c1-4-7-10(8-5-2)9-6-3;1-4(2)3/h10H,4-6H2,1-3H3;4H. The fourth-order valence-corrected chi connectivity index (χ4v) is 1.66. The molecule has 0 atom stereocenters. The van der Waals surface area contributed by atoms with Crippen molar-refractivity contribution in [3.05, 3.63) is 0 Å². The van der Waals surface area contributed by atoms with E-state index >= 15 is 0 Å². The minimum atomic E-state index is -1.73. The zero-order chi connectivity index (χ0) is 11.4. The Balaban J connectivity index is 0. The Hall–Kier alpha value is 1.18. The summed E-state index contributed by atoms with van der Waals surface area (Å²) >= 11 is 14.8. The molecule has 0 aliphatic rings. The molecule has 0 spiro atoms. The van der Waals surface area contributed by atoms with Gasteiger partial charge >= 0.3 is 16.3 Å². The van der Waals surface area contributed by atoms with Crippen LogP contribution < -0.4 is 0 Å². The molecule has 0 aliphatic heterocycles. The Labute approximate surface area is 103 Å². The van der Waals surface area contributed by atoms with Crippen molar-refractivity contribution in [3.63, 3.8) is 0 Å². The van der Waals surface area contributed by atoms with Gasteiger partial charge in [0.1, 0.15) is 0 Å². The topological polar surface area (TPSA) is 27.7 Å². The molecule has 0 unspecified atom stereocenters. The van der Waals surface area contributed by atoms with Gasteiger partial charge in [-0.05, 0) is 20.8 Å². The van der Waals surface area contributed by atoms with E-state index in [9.17, 15) is 0 Å². The van der Waals surface area contributed by atoms with Crippen molar-refractivity contribution < 1.29 is 13.3 Å². The van der Waals surface area contributed by atoms with Crippen LogP contribution in [0.1, 0.15) is 20.8 Å². The van der Waals surface area contributed by atoms with Gasteiger partial charge in [0.25, 0.3) is 0 Å². The van der Waals surface area contributed by atoms with Crippen LogP contribution in [0, 0.1) is 0 Å². The molecule has 0 bridgehead atoms. The average Bonchev–Trinajstić information content (AvgIpc) is 2.04. The van der Waals surface area contributed by atoms with Crippen LogP contribution >= 0.6 is 33.2 Å². The smallest absolute Gasteiger partial charge is 0.376 e. The normalized spacial score (nSPS) is 10.3. The molecule has 0 saturated heterocycles. The third kappa shape index (κ3) is 18.9. The van der Waals surface area contributed by atoms with Crippen molar-refractivity contribution in [2.45, 2.75) is 20.8 Å². The highest BCUT2D eigenvalue weighted by Crippen LogP contribution is 1.97. The van der Waals surface area contributed by atoms with Crippen LogP contribution in [0.15, 0.2) is 0 Å². The molecule has 0 aliphatic carbocycles. The van der Waals surface area contributed by atoms with Crippen LogP contribution in [0.5, 0.6) is 0 Å². The predicted octanol–water partition coefficient (Wildman–Crippen LogP) is 2.23. The van der Waals surface area contributed by atoms with Gasteiger partial charge in [-0.3, -0.25) is 0 Å². The second-order valence-corrected chi connectivity index (χ2v) is 9.91. The summed E-state index contributed by atoms with van der Waals surface area (Å²) in [7, 11) is -1.73. The molecule has 0 aromatic rings. The van der Waals surface area contributed by atoms with Gasteiger partial charge in [0.2, 0.25) is 0 Å². The van der Waals surface area contributed by atoms with Crippen molar-refractivity contribution in [2.75, 3.05) is 19.8 Å². The summed E-state index contributed by atoms with van der Waals surface area (Å²) in [6.07, 6.45) is 0. The second-order valence-electron chi connectivity index (χ2n) is 1.90. The third-order valence-electron chi connectivity index (χ3n) is 0.908. The first-order chi connectivity index (χ1) is 6.58. The van der Waals surface area contributed by atoms with Crippen LogP contribution in [-0.2, 0) is 13.3 Å². The lowest BCUT2D eigenvalue weighted by atomic mass is 10.9. The Kier molecular flexibility index (Phi) is 17.8. The number of hydrogen-bond donors (Lipinski definition) is 0. The Bertz CT molecular complexity index is 93.3. The predicted molar refractivity (Wildman–Crippen MR) is 66.7 cm³/mol. The summed E-state index contributed by atoms with van der Waals surface area (Å²) in [5, 5.41) is 0. The summed E-state index contributed by atoms with van der Waals surface area (Å²) in [6, 6.07) is 0. The molecule has 14 heavy (non-hydrogen) atoms. The molecule has 0 amide bonds. The summed E-state index contributed by atoms with van der Waals surface area (Å²) in [5.74, 6) is 0. The highest BCUT2D eigenvalue weighted by molar-refractivity contribution is 7.54. The maximum absolute atomic E-state index is 5.22. The minimum absolute atomic E-state index is 0.677. The van der Waals surface area contributed by atoms with Crippen molar-refractivity contribution in [1.29, 1.82) is 0 Å². The Morgan fingerprint density at radius 2 is 1.00 bits per heavy atom. The van der Waals surface area contributed by atoms with E-state index in [4.69, 9.17) is 46.5 Å². The zero-order valence-corrected chi connectivity index (χ0v) is 13.2. The van der Waals surface area contributed by atoms with Gasteiger partial charge in [0.05, 0.1) is 0 Å². The molecule has 0 rings (SSSR count). The Morgan fingerprint density at radius 1 is 0.786 bits per heavy atom. The Morgan fingerprint density at radius 3 is 1.14 bits per heavy atom. The van der Waals surface area contributed by atoms with Gasteiger partial charge in [-0.25, -0.2) is 0 Å². The van der Waals surface area contributed by atoms with Gasteiger partial charge in [-0.1, -0.05) is 0 Å². The summed E-state index contributed by atoms with van der Waals surface area (Å²) in [5.41, 5.74) is 0. The van der Waals surface area contributed by atoms with Crippen LogP contribution in [-0.4, -0.2) is 36.1 Å². The number of hydrogen-bond acceptors (Lipinski definition) is 3. The highest BCUT2D eigenvalue weighted by atomic mass is 35.8. The second kappa shape index (κ2) is 14.2. The van der Waals surface area contributed by atoms with Crippen LogP contribution in [0.2, 0.25) is 0 Å². The SMILES string of the molecule is CCO[SiH](OCC)OCC.Cl[SiH](Cl)Cl. The first kappa shape index (κ1) is 17.6. The fourth-order valence-electron chi connectivity index (χ4n) is 0.553. The summed E-state index contributed by atoms with van der Waals surface area (Å²) in [4.78, 5) is 0. The molecule has 0 heterocycles. The van der Waals surface area contributed by atoms with Gasteiger partial charge < -0.3 is 13.3 Å². The largest absolute Gasteiger partial charge is 0.484 e. The fraction of sp³-hybridized carbons (Fsp3) is 1.00. The van der Waals surface area contributed by atoms with Gasteiger partial charge in [0, 0.05) is 19.8 Å². The van der Waals surface area contributed by atoms with Gasteiger partial charge in [-0.2, -0.15) is 0 Å². The average molecular weight is 300 g/mol. The van der Waals surface area contributed by atoms with Crippen molar-refractivity contribution >= 4 is 49.5 Å². The summed E-state index contributed by atoms with van der Waals surface area (Å²) in [6.45, 7) is 6.14. The number of rotatable bonds is 6. The van der Waals surface area contributed by atoms with E-state index in [1.54, 1.807) is 0 Å². The lowest BCUT2D eigenvalue weighted by Crippen LogP contribution is -2.27. The molecule has 0 fully saturated rings. The van der Waals surface area contributed by atoms with E-state index in [2.05, 4.69) is 0 Å². The van der Waals surface area contributed by atoms with E-state index in [0.29, 0.717) is 19.8 Å². The number of halogens is 3. The van der Waals surface area contributed by atoms with Crippen LogP contribution in [0.4, 0.5) is 0 Å².